The first-order valence-corrected chi connectivity index (χ1v) is 9.48. The first-order valence-electron chi connectivity index (χ1n) is 8.72. The monoisotopic (exact) mass is 442 g/mol. The van der Waals surface area contributed by atoms with E-state index >= 15 is 0 Å². The van der Waals surface area contributed by atoms with Gasteiger partial charge < -0.3 is 9.47 Å². The van der Waals surface area contributed by atoms with Crippen molar-refractivity contribution in [3.05, 3.63) is 93.5 Å². The van der Waals surface area contributed by atoms with Crippen LogP contribution in [-0.4, -0.2) is 25.2 Å². The minimum Gasteiger partial charge on any atom is -0.493 e. The number of esters is 1. The van der Waals surface area contributed by atoms with E-state index in [0.717, 1.165) is 0 Å². The maximum atomic E-state index is 12.4. The Morgan fingerprint density at radius 3 is 2.17 bits per heavy atom. The average molecular weight is 443 g/mol. The number of carbonyl (C=O) groups is 2. The molecule has 0 heterocycles. The van der Waals surface area contributed by atoms with Gasteiger partial charge in [-0.05, 0) is 48.0 Å². The standard InChI is InChI=1S/C22H16Cl2N2O4/c1-29-20-12-14(13-25-26-21(27)15-6-2-4-8-17(15)23)10-11-19(20)30-22(28)16-7-3-5-9-18(16)24/h2-13H,1H3,(H,26,27)/b25-13-. The molecule has 0 bridgehead atoms. The van der Waals surface area contributed by atoms with E-state index in [4.69, 9.17) is 32.7 Å². The van der Waals surface area contributed by atoms with E-state index in [0.29, 0.717) is 26.9 Å². The van der Waals surface area contributed by atoms with Gasteiger partial charge in [-0.15, -0.1) is 0 Å². The molecule has 8 heteroatoms. The second kappa shape index (κ2) is 9.91. The molecule has 0 atom stereocenters. The van der Waals surface area contributed by atoms with Crippen LogP contribution in [0.4, 0.5) is 0 Å². The van der Waals surface area contributed by atoms with Crippen LogP contribution in [0.15, 0.2) is 71.8 Å². The molecule has 0 unspecified atom stereocenters. The molecule has 0 aliphatic rings. The predicted octanol–water partition coefficient (Wildman–Crippen LogP) is 4.99. The first-order chi connectivity index (χ1) is 14.5. The van der Waals surface area contributed by atoms with Crippen molar-refractivity contribution < 1.29 is 19.1 Å². The topological polar surface area (TPSA) is 77.0 Å². The Morgan fingerprint density at radius 2 is 1.53 bits per heavy atom. The molecule has 6 nitrogen and oxygen atoms in total. The largest absolute Gasteiger partial charge is 0.493 e. The number of halogens is 2. The van der Waals surface area contributed by atoms with Crippen LogP contribution in [0.1, 0.15) is 26.3 Å². The number of hydrogen-bond acceptors (Lipinski definition) is 5. The van der Waals surface area contributed by atoms with Gasteiger partial charge in [0.15, 0.2) is 11.5 Å². The van der Waals surface area contributed by atoms with Gasteiger partial charge >= 0.3 is 5.97 Å². The third kappa shape index (κ3) is 5.17. The molecule has 0 aliphatic heterocycles. The van der Waals surface area contributed by atoms with Crippen LogP contribution in [0, 0.1) is 0 Å². The molecule has 3 rings (SSSR count). The molecular weight excluding hydrogens is 427 g/mol. The fourth-order valence-corrected chi connectivity index (χ4v) is 2.94. The highest BCUT2D eigenvalue weighted by Crippen LogP contribution is 2.29. The lowest BCUT2D eigenvalue weighted by Gasteiger charge is -2.10. The summed E-state index contributed by atoms with van der Waals surface area (Å²) < 4.78 is 10.7. The van der Waals surface area contributed by atoms with Gasteiger partial charge in [0.1, 0.15) is 0 Å². The molecule has 0 radical (unpaired) electrons. The Labute approximate surface area is 183 Å². The zero-order valence-corrected chi connectivity index (χ0v) is 17.3. The smallest absolute Gasteiger partial charge is 0.345 e. The molecule has 0 aliphatic carbocycles. The normalized spacial score (nSPS) is 10.6. The quantitative estimate of drug-likeness (QED) is 0.252. The SMILES string of the molecule is COc1cc(/C=N\NC(=O)c2ccccc2Cl)ccc1OC(=O)c1ccccc1Cl. The zero-order valence-electron chi connectivity index (χ0n) is 15.8. The Balaban J connectivity index is 1.70. The summed E-state index contributed by atoms with van der Waals surface area (Å²) in [6.45, 7) is 0. The third-order valence-electron chi connectivity index (χ3n) is 3.98. The lowest BCUT2D eigenvalue weighted by Crippen LogP contribution is -2.17. The summed E-state index contributed by atoms with van der Waals surface area (Å²) in [6.07, 6.45) is 1.43. The van der Waals surface area contributed by atoms with Crippen LogP contribution in [0.5, 0.6) is 11.5 Å². The molecule has 0 spiro atoms. The van der Waals surface area contributed by atoms with Crippen molar-refractivity contribution in [2.24, 2.45) is 5.10 Å². The van der Waals surface area contributed by atoms with Gasteiger partial charge in [0.2, 0.25) is 0 Å². The van der Waals surface area contributed by atoms with E-state index in [9.17, 15) is 9.59 Å². The van der Waals surface area contributed by atoms with Gasteiger partial charge in [0.05, 0.1) is 34.5 Å². The molecule has 152 valence electrons. The minimum atomic E-state index is -0.604. The summed E-state index contributed by atoms with van der Waals surface area (Å²) in [5.41, 5.74) is 3.58. The summed E-state index contributed by atoms with van der Waals surface area (Å²) >= 11 is 12.0. The summed E-state index contributed by atoms with van der Waals surface area (Å²) in [5, 5.41) is 4.54. The molecular formula is C22H16Cl2N2O4. The van der Waals surface area contributed by atoms with Crippen molar-refractivity contribution in [1.29, 1.82) is 0 Å². The van der Waals surface area contributed by atoms with Gasteiger partial charge in [-0.1, -0.05) is 47.5 Å². The summed E-state index contributed by atoms with van der Waals surface area (Å²) in [6, 6.07) is 18.1. The van der Waals surface area contributed by atoms with Crippen LogP contribution in [0.2, 0.25) is 10.0 Å². The molecule has 0 saturated heterocycles. The summed E-state index contributed by atoms with van der Waals surface area (Å²) in [7, 11) is 1.45. The van der Waals surface area contributed by atoms with Crippen molar-refractivity contribution in [1.82, 2.24) is 5.43 Å². The van der Waals surface area contributed by atoms with Crippen LogP contribution in [0.3, 0.4) is 0 Å². The fraction of sp³-hybridized carbons (Fsp3) is 0.0455. The average Bonchev–Trinajstić information content (AvgIpc) is 2.75. The van der Waals surface area contributed by atoms with E-state index in [2.05, 4.69) is 10.5 Å². The molecule has 1 N–H and O–H groups in total. The zero-order chi connectivity index (χ0) is 21.5. The van der Waals surface area contributed by atoms with E-state index in [1.54, 1.807) is 66.7 Å². The number of methoxy groups -OCH3 is 1. The van der Waals surface area contributed by atoms with Crippen molar-refractivity contribution >= 4 is 41.3 Å². The van der Waals surface area contributed by atoms with Crippen LogP contribution >= 0.6 is 23.2 Å². The second-order valence-electron chi connectivity index (χ2n) is 5.96. The number of ether oxygens (including phenoxy) is 2. The second-order valence-corrected chi connectivity index (χ2v) is 6.77. The third-order valence-corrected chi connectivity index (χ3v) is 4.64. The molecule has 3 aromatic carbocycles. The number of nitrogens with zero attached hydrogens (tertiary/aromatic N) is 1. The van der Waals surface area contributed by atoms with Crippen molar-refractivity contribution in [3.8, 4) is 11.5 Å². The van der Waals surface area contributed by atoms with Crippen LogP contribution in [0.25, 0.3) is 0 Å². The number of amides is 1. The lowest BCUT2D eigenvalue weighted by molar-refractivity contribution is 0.0729. The summed E-state index contributed by atoms with van der Waals surface area (Å²) in [4.78, 5) is 24.5. The highest BCUT2D eigenvalue weighted by molar-refractivity contribution is 6.34. The number of carbonyl (C=O) groups excluding carboxylic acids is 2. The van der Waals surface area contributed by atoms with Crippen LogP contribution < -0.4 is 14.9 Å². The van der Waals surface area contributed by atoms with Crippen LogP contribution in [-0.2, 0) is 0 Å². The molecule has 3 aromatic rings. The van der Waals surface area contributed by atoms with Crippen molar-refractivity contribution in [3.63, 3.8) is 0 Å². The van der Waals surface area contributed by atoms with E-state index in [1.807, 2.05) is 0 Å². The van der Waals surface area contributed by atoms with Gasteiger partial charge in [0.25, 0.3) is 5.91 Å². The van der Waals surface area contributed by atoms with Crippen molar-refractivity contribution in [2.75, 3.05) is 7.11 Å². The number of hydrazone groups is 1. The molecule has 0 saturated carbocycles. The Bertz CT molecular complexity index is 1120. The maximum absolute atomic E-state index is 12.4. The minimum absolute atomic E-state index is 0.222. The highest BCUT2D eigenvalue weighted by Gasteiger charge is 2.15. The molecule has 0 fully saturated rings. The fourth-order valence-electron chi connectivity index (χ4n) is 2.50. The predicted molar refractivity (Wildman–Crippen MR) is 116 cm³/mol. The molecule has 1 amide bonds. The highest BCUT2D eigenvalue weighted by atomic mass is 35.5. The van der Waals surface area contributed by atoms with E-state index in [-0.39, 0.29) is 11.3 Å². The molecule has 30 heavy (non-hydrogen) atoms. The number of nitrogens with one attached hydrogen (secondary N) is 1. The van der Waals surface area contributed by atoms with Gasteiger partial charge in [-0.2, -0.15) is 5.10 Å². The lowest BCUT2D eigenvalue weighted by atomic mass is 10.2. The van der Waals surface area contributed by atoms with Crippen molar-refractivity contribution in [2.45, 2.75) is 0 Å². The Morgan fingerprint density at radius 1 is 0.900 bits per heavy atom. The number of benzene rings is 3. The number of rotatable bonds is 6. The Kier molecular flexibility index (Phi) is 7.06. The number of hydrogen-bond donors (Lipinski definition) is 1. The van der Waals surface area contributed by atoms with E-state index < -0.39 is 11.9 Å². The summed E-state index contributed by atoms with van der Waals surface area (Å²) in [5.74, 6) is -0.502. The van der Waals surface area contributed by atoms with Gasteiger partial charge in [-0.25, -0.2) is 10.2 Å². The van der Waals surface area contributed by atoms with E-state index in [1.165, 1.54) is 13.3 Å². The molecule has 0 aromatic heterocycles. The van der Waals surface area contributed by atoms with Gasteiger partial charge in [-0.3, -0.25) is 4.79 Å². The van der Waals surface area contributed by atoms with Gasteiger partial charge in [0, 0.05) is 0 Å². The first kappa shape index (κ1) is 21.4. The maximum Gasteiger partial charge on any atom is 0.345 e. The Hall–Kier alpha value is -3.35.